The first kappa shape index (κ1) is 23.9. The number of ether oxygens (including phenoxy) is 1. The van der Waals surface area contributed by atoms with Crippen molar-refractivity contribution in [2.75, 3.05) is 39.3 Å². The number of pyridine rings is 1. The third-order valence-electron chi connectivity index (χ3n) is 4.83. The number of hydrogen-bond acceptors (Lipinski definition) is 4. The topological polar surface area (TPSA) is 66.2 Å². The summed E-state index contributed by atoms with van der Waals surface area (Å²) in [7, 11) is 0. The fraction of sp³-hybridized carbons (Fsp3) is 0.619. The van der Waals surface area contributed by atoms with Crippen LogP contribution in [0.1, 0.15) is 32.2 Å². The Morgan fingerprint density at radius 3 is 2.90 bits per heavy atom. The third-order valence-corrected chi connectivity index (χ3v) is 4.83. The molecule has 0 spiro atoms. The summed E-state index contributed by atoms with van der Waals surface area (Å²) in [6.07, 6.45) is 2.25. The SMILES string of the molecule is CCNC(=NCc1cn2c(C)cccc2n1)NCC1CN(CC(C)C)CCO1.I. The second-order valence-electron chi connectivity index (χ2n) is 7.85. The van der Waals surface area contributed by atoms with Crippen molar-refractivity contribution < 1.29 is 4.74 Å². The Balaban J connectivity index is 0.00000300. The predicted molar refractivity (Wildman–Crippen MR) is 129 cm³/mol. The molecule has 1 aliphatic heterocycles. The molecule has 3 heterocycles. The van der Waals surface area contributed by atoms with Crippen LogP contribution in [-0.4, -0.2) is 65.7 Å². The molecule has 1 unspecified atom stereocenters. The average molecular weight is 514 g/mol. The summed E-state index contributed by atoms with van der Waals surface area (Å²) in [6.45, 7) is 14.7. The van der Waals surface area contributed by atoms with Crippen LogP contribution in [-0.2, 0) is 11.3 Å². The van der Waals surface area contributed by atoms with Crippen LogP contribution in [0.3, 0.4) is 0 Å². The van der Waals surface area contributed by atoms with E-state index in [1.54, 1.807) is 0 Å². The summed E-state index contributed by atoms with van der Waals surface area (Å²) in [5, 5.41) is 6.75. The molecule has 2 aromatic rings. The lowest BCUT2D eigenvalue weighted by Crippen LogP contribution is -2.50. The molecule has 0 aromatic carbocycles. The van der Waals surface area contributed by atoms with E-state index in [4.69, 9.17) is 9.73 Å². The molecule has 3 rings (SSSR count). The van der Waals surface area contributed by atoms with Crippen LogP contribution < -0.4 is 10.6 Å². The minimum Gasteiger partial charge on any atom is -0.374 e. The zero-order valence-electron chi connectivity index (χ0n) is 18.0. The lowest BCUT2D eigenvalue weighted by Gasteiger charge is -2.34. The number of nitrogens with one attached hydrogen (secondary N) is 2. The number of morpholine rings is 1. The second-order valence-corrected chi connectivity index (χ2v) is 7.85. The van der Waals surface area contributed by atoms with Crippen molar-refractivity contribution in [3.63, 3.8) is 0 Å². The molecule has 0 aliphatic carbocycles. The van der Waals surface area contributed by atoms with Crippen molar-refractivity contribution in [1.29, 1.82) is 0 Å². The van der Waals surface area contributed by atoms with Gasteiger partial charge in [-0.15, -0.1) is 24.0 Å². The Kier molecular flexibility index (Phi) is 9.64. The summed E-state index contributed by atoms with van der Waals surface area (Å²) < 4.78 is 8.03. The fourth-order valence-electron chi connectivity index (χ4n) is 3.57. The van der Waals surface area contributed by atoms with Gasteiger partial charge in [0.05, 0.1) is 24.9 Å². The van der Waals surface area contributed by atoms with E-state index in [0.717, 1.165) is 56.6 Å². The van der Waals surface area contributed by atoms with Crippen molar-refractivity contribution in [3.8, 4) is 0 Å². The minimum atomic E-state index is 0. The smallest absolute Gasteiger partial charge is 0.191 e. The molecule has 2 aromatic heterocycles. The Morgan fingerprint density at radius 2 is 2.17 bits per heavy atom. The van der Waals surface area contributed by atoms with E-state index >= 15 is 0 Å². The van der Waals surface area contributed by atoms with Gasteiger partial charge in [-0.25, -0.2) is 9.98 Å². The summed E-state index contributed by atoms with van der Waals surface area (Å²) in [6, 6.07) is 6.14. The molecule has 0 saturated carbocycles. The number of aromatic nitrogens is 2. The van der Waals surface area contributed by atoms with E-state index in [1.807, 2.05) is 12.1 Å². The van der Waals surface area contributed by atoms with Gasteiger partial charge in [0, 0.05) is 44.6 Å². The van der Waals surface area contributed by atoms with Crippen molar-refractivity contribution >= 4 is 35.6 Å². The zero-order valence-corrected chi connectivity index (χ0v) is 20.3. The highest BCUT2D eigenvalue weighted by atomic mass is 127. The van der Waals surface area contributed by atoms with Crippen molar-refractivity contribution in [2.24, 2.45) is 10.9 Å². The first-order chi connectivity index (χ1) is 13.5. The standard InChI is InChI=1S/C21H34N6O.HI/c1-5-22-21(24-12-19-15-26(9-10-28-19)13-16(2)3)23-11-18-14-27-17(4)7-6-8-20(27)25-18;/h6-8,14,16,19H,5,9-13,15H2,1-4H3,(H2,22,23,24);1H. The van der Waals surface area contributed by atoms with Crippen molar-refractivity contribution in [1.82, 2.24) is 24.9 Å². The van der Waals surface area contributed by atoms with E-state index in [1.165, 1.54) is 5.69 Å². The van der Waals surface area contributed by atoms with Gasteiger partial charge < -0.3 is 19.8 Å². The molecular formula is C21H35IN6O. The molecule has 0 radical (unpaired) electrons. The van der Waals surface area contributed by atoms with E-state index in [9.17, 15) is 0 Å². The second kappa shape index (κ2) is 11.7. The van der Waals surface area contributed by atoms with Gasteiger partial charge in [-0.1, -0.05) is 19.9 Å². The Bertz CT molecular complexity index is 791. The Hall–Kier alpha value is -1.39. The van der Waals surface area contributed by atoms with Gasteiger partial charge in [0.1, 0.15) is 5.65 Å². The molecule has 2 N–H and O–H groups in total. The highest BCUT2D eigenvalue weighted by Gasteiger charge is 2.21. The Labute approximate surface area is 191 Å². The largest absolute Gasteiger partial charge is 0.374 e. The monoisotopic (exact) mass is 514 g/mol. The fourth-order valence-corrected chi connectivity index (χ4v) is 3.57. The van der Waals surface area contributed by atoms with Crippen molar-refractivity contribution in [3.05, 3.63) is 35.8 Å². The summed E-state index contributed by atoms with van der Waals surface area (Å²) in [5.74, 6) is 1.49. The lowest BCUT2D eigenvalue weighted by atomic mass is 10.2. The molecule has 1 aliphatic rings. The zero-order chi connectivity index (χ0) is 19.9. The van der Waals surface area contributed by atoms with Gasteiger partial charge in [-0.2, -0.15) is 0 Å². The first-order valence-electron chi connectivity index (χ1n) is 10.3. The van der Waals surface area contributed by atoms with Crippen LogP contribution in [0.2, 0.25) is 0 Å². The molecule has 0 bridgehead atoms. The number of guanidine groups is 1. The highest BCUT2D eigenvalue weighted by Crippen LogP contribution is 2.10. The summed E-state index contributed by atoms with van der Waals surface area (Å²) in [5.41, 5.74) is 3.10. The van der Waals surface area contributed by atoms with Crippen LogP contribution in [0.15, 0.2) is 29.4 Å². The number of hydrogen-bond donors (Lipinski definition) is 2. The van der Waals surface area contributed by atoms with Gasteiger partial charge in [0.2, 0.25) is 0 Å². The van der Waals surface area contributed by atoms with Crippen LogP contribution in [0, 0.1) is 12.8 Å². The van der Waals surface area contributed by atoms with E-state index < -0.39 is 0 Å². The number of imidazole rings is 1. The van der Waals surface area contributed by atoms with Crippen LogP contribution in [0.25, 0.3) is 5.65 Å². The van der Waals surface area contributed by atoms with Crippen LogP contribution in [0.4, 0.5) is 0 Å². The van der Waals surface area contributed by atoms with Crippen LogP contribution >= 0.6 is 24.0 Å². The molecule has 8 heteroatoms. The number of halogens is 1. The summed E-state index contributed by atoms with van der Waals surface area (Å²) >= 11 is 0. The van der Waals surface area contributed by atoms with Gasteiger partial charge in [0.25, 0.3) is 0 Å². The maximum atomic E-state index is 5.93. The molecule has 1 saturated heterocycles. The average Bonchev–Trinajstić information content (AvgIpc) is 3.08. The van der Waals surface area contributed by atoms with E-state index in [2.05, 4.69) is 64.9 Å². The summed E-state index contributed by atoms with van der Waals surface area (Å²) in [4.78, 5) is 11.9. The van der Waals surface area contributed by atoms with Crippen molar-refractivity contribution in [2.45, 2.75) is 40.3 Å². The minimum absolute atomic E-state index is 0. The van der Waals surface area contributed by atoms with Gasteiger partial charge >= 0.3 is 0 Å². The predicted octanol–water partition coefficient (Wildman–Crippen LogP) is 2.67. The maximum Gasteiger partial charge on any atom is 0.191 e. The third kappa shape index (κ3) is 7.11. The number of aliphatic imine (C=N–C) groups is 1. The number of nitrogens with zero attached hydrogens (tertiary/aromatic N) is 4. The molecule has 1 fully saturated rings. The first-order valence-corrected chi connectivity index (χ1v) is 10.3. The number of rotatable bonds is 7. The van der Waals surface area contributed by atoms with Gasteiger partial charge in [0.15, 0.2) is 5.96 Å². The number of fused-ring (bicyclic) bond motifs is 1. The van der Waals surface area contributed by atoms with E-state index in [-0.39, 0.29) is 30.1 Å². The molecule has 29 heavy (non-hydrogen) atoms. The van der Waals surface area contributed by atoms with E-state index in [0.29, 0.717) is 12.5 Å². The van der Waals surface area contributed by atoms with Crippen LogP contribution in [0.5, 0.6) is 0 Å². The molecule has 0 amide bonds. The molecule has 7 nitrogen and oxygen atoms in total. The molecule has 1 atom stereocenters. The van der Waals surface area contributed by atoms with Gasteiger partial charge in [-0.05, 0) is 31.9 Å². The molecule has 162 valence electrons. The number of aryl methyl sites for hydroxylation is 1. The van der Waals surface area contributed by atoms with Gasteiger partial charge in [-0.3, -0.25) is 4.90 Å². The highest BCUT2D eigenvalue weighted by molar-refractivity contribution is 14.0. The quantitative estimate of drug-likeness (QED) is 0.338. The Morgan fingerprint density at radius 1 is 1.34 bits per heavy atom. The molecular weight excluding hydrogens is 479 g/mol. The maximum absolute atomic E-state index is 5.93. The normalized spacial score (nSPS) is 18.1. The lowest BCUT2D eigenvalue weighted by molar-refractivity contribution is -0.0284.